The van der Waals surface area contributed by atoms with Gasteiger partial charge in [0.05, 0.1) is 17.6 Å². The van der Waals surface area contributed by atoms with Crippen molar-refractivity contribution in [1.29, 1.82) is 0 Å². The maximum Gasteiger partial charge on any atom is 0.481 e. The molecule has 44 heavy (non-hydrogen) atoms. The molecule has 1 amide bonds. The number of nitrogens with one attached hydrogen (secondary N) is 2. The van der Waals surface area contributed by atoms with E-state index in [0.717, 1.165) is 24.0 Å². The Labute approximate surface area is 261 Å². The molecule has 0 aromatic heterocycles. The van der Waals surface area contributed by atoms with Crippen LogP contribution in [0.2, 0.25) is 0 Å². The van der Waals surface area contributed by atoms with E-state index in [4.69, 9.17) is 15.0 Å². The van der Waals surface area contributed by atoms with Gasteiger partial charge in [0.25, 0.3) is 5.96 Å². The van der Waals surface area contributed by atoms with Crippen LogP contribution in [0.4, 0.5) is 0 Å². The number of amides is 1. The van der Waals surface area contributed by atoms with E-state index in [-0.39, 0.29) is 54.0 Å². The molecule has 3 saturated carbocycles. The van der Waals surface area contributed by atoms with Gasteiger partial charge in [-0.15, -0.1) is 0 Å². The monoisotopic (exact) mass is 609 g/mol. The van der Waals surface area contributed by atoms with E-state index < -0.39 is 23.7 Å². The fraction of sp³-hybridized carbons (Fsp3) is 0.656. The Balaban J connectivity index is 1.46. The Morgan fingerprint density at radius 2 is 2.02 bits per heavy atom. The number of rotatable bonds is 14. The summed E-state index contributed by atoms with van der Waals surface area (Å²) in [6.45, 7) is 13.2. The molecule has 6 atom stereocenters. The zero-order valence-corrected chi connectivity index (χ0v) is 26.9. The van der Waals surface area contributed by atoms with Crippen molar-refractivity contribution in [3.8, 4) is 0 Å². The van der Waals surface area contributed by atoms with Crippen LogP contribution < -0.4 is 16.5 Å². The molecule has 0 spiro atoms. The van der Waals surface area contributed by atoms with Gasteiger partial charge in [0.2, 0.25) is 5.91 Å². The number of nitrogens with two attached hydrogens (primary N) is 1. The van der Waals surface area contributed by atoms with Gasteiger partial charge in [0.1, 0.15) is 0 Å². The topological polar surface area (TPSA) is 158 Å². The Bertz CT molecular complexity index is 1290. The second-order valence-corrected chi connectivity index (χ2v) is 14.0. The normalized spacial score (nSPS) is 27.0. The summed E-state index contributed by atoms with van der Waals surface area (Å²) in [5.74, 6) is -0.430. The first-order valence-corrected chi connectivity index (χ1v) is 15.8. The van der Waals surface area contributed by atoms with Crippen LogP contribution in [0.25, 0.3) is 6.08 Å². The molecule has 4 fully saturated rings. The highest BCUT2D eigenvalue weighted by Gasteiger charge is 2.68. The molecule has 1 aliphatic heterocycles. The number of guanidine groups is 1. The lowest BCUT2D eigenvalue weighted by atomic mass is 9.43. The molecule has 1 aromatic rings. The third-order valence-electron chi connectivity index (χ3n) is 9.87. The Morgan fingerprint density at radius 3 is 2.68 bits per heavy atom. The highest BCUT2D eigenvalue weighted by molar-refractivity contribution is 6.47. The minimum Gasteiger partial charge on any atom is -0.404 e. The van der Waals surface area contributed by atoms with Crippen molar-refractivity contribution in [2.75, 3.05) is 6.54 Å². The zero-order chi connectivity index (χ0) is 32.2. The number of aryl methyl sites for hydroxylation is 1. The van der Waals surface area contributed by atoms with Gasteiger partial charge in [-0.05, 0) is 80.8 Å². The Morgan fingerprint density at radius 1 is 1.27 bits per heavy atom. The first-order valence-electron chi connectivity index (χ1n) is 15.8. The van der Waals surface area contributed by atoms with E-state index >= 15 is 0 Å². The van der Waals surface area contributed by atoms with Crippen molar-refractivity contribution >= 4 is 30.8 Å². The summed E-state index contributed by atoms with van der Waals surface area (Å²) >= 11 is 0. The second-order valence-electron chi connectivity index (χ2n) is 14.0. The van der Waals surface area contributed by atoms with Crippen LogP contribution in [-0.4, -0.2) is 54.0 Å². The molecule has 11 nitrogen and oxygen atoms in total. The number of hydrogen-bond acceptors (Lipinski definition) is 7. The van der Waals surface area contributed by atoms with E-state index in [1.165, 1.54) is 6.08 Å². The van der Waals surface area contributed by atoms with Gasteiger partial charge in [0, 0.05) is 18.9 Å². The molecule has 4 aliphatic rings. The average Bonchev–Trinajstić information content (AvgIpc) is 3.29. The van der Waals surface area contributed by atoms with E-state index in [1.807, 2.05) is 36.6 Å². The standard InChI is InChI=1S/C32H48BN5O6/c1-20(2)15-28(33-43-27-19-24-18-26(31(24,4)5)32(27,6)44-33)36-29(40)23(11-8-14-35-30(34)37-38(41)42)17-25(39)13-12-22-10-7-9-21(3)16-22/h7,9-10,12-13,16,20,23-24,26-28H,8,11,14-15,17-19H2,1-6H3,(H,36,40)(H3,34,35,37)/b13-12+/t23-,24-,26-,27-,28+,32+/m1/s1. The van der Waals surface area contributed by atoms with Crippen LogP contribution in [0.15, 0.2) is 35.3 Å². The maximum absolute atomic E-state index is 13.8. The van der Waals surface area contributed by atoms with E-state index in [1.54, 1.807) is 6.08 Å². The van der Waals surface area contributed by atoms with Crippen LogP contribution in [0.5, 0.6) is 0 Å². The first kappa shape index (κ1) is 33.6. The van der Waals surface area contributed by atoms with Gasteiger partial charge < -0.3 is 20.4 Å². The summed E-state index contributed by atoms with van der Waals surface area (Å²) in [7, 11) is -0.568. The lowest BCUT2D eigenvalue weighted by molar-refractivity contribution is -0.525. The van der Waals surface area contributed by atoms with Crippen LogP contribution in [-0.2, 0) is 18.9 Å². The third kappa shape index (κ3) is 7.88. The number of carbonyl (C=O) groups excluding carboxylic acids is 2. The third-order valence-corrected chi connectivity index (χ3v) is 9.87. The molecule has 12 heteroatoms. The molecule has 3 aliphatic carbocycles. The van der Waals surface area contributed by atoms with Gasteiger partial charge in [-0.1, -0.05) is 69.0 Å². The molecule has 1 saturated heterocycles. The molecule has 0 radical (unpaired) electrons. The van der Waals surface area contributed by atoms with Crippen LogP contribution >= 0.6 is 0 Å². The number of benzene rings is 1. The molecule has 1 heterocycles. The number of aliphatic imine (C=N–C) groups is 1. The largest absolute Gasteiger partial charge is 0.481 e. The van der Waals surface area contributed by atoms with E-state index in [0.29, 0.717) is 31.1 Å². The Kier molecular flexibility index (Phi) is 10.6. The van der Waals surface area contributed by atoms with Crippen LogP contribution in [0.3, 0.4) is 0 Å². The molecule has 0 unspecified atom stereocenters. The Hall–Kier alpha value is -3.25. The van der Waals surface area contributed by atoms with Crippen molar-refractivity contribution in [2.45, 2.75) is 97.7 Å². The number of allylic oxidation sites excluding steroid dienone is 1. The fourth-order valence-corrected chi connectivity index (χ4v) is 7.38. The van der Waals surface area contributed by atoms with Gasteiger partial charge in [-0.3, -0.25) is 9.59 Å². The van der Waals surface area contributed by atoms with Crippen molar-refractivity contribution in [3.63, 3.8) is 0 Å². The summed E-state index contributed by atoms with van der Waals surface area (Å²) in [4.78, 5) is 41.5. The minimum atomic E-state index is -0.780. The molecule has 4 N–H and O–H groups in total. The lowest BCUT2D eigenvalue weighted by Crippen LogP contribution is -2.65. The highest BCUT2D eigenvalue weighted by Crippen LogP contribution is 2.65. The second kappa shape index (κ2) is 13.8. The minimum absolute atomic E-state index is 0.00364. The average molecular weight is 610 g/mol. The number of carbonyl (C=O) groups is 2. The van der Waals surface area contributed by atoms with Gasteiger partial charge in [-0.25, -0.2) is 15.1 Å². The smallest absolute Gasteiger partial charge is 0.404 e. The molecule has 240 valence electrons. The summed E-state index contributed by atoms with van der Waals surface area (Å²) in [6, 6.07) is 7.82. The molecular formula is C32H48BN5O6. The first-order chi connectivity index (χ1) is 20.7. The van der Waals surface area contributed by atoms with Gasteiger partial charge in [0.15, 0.2) is 10.8 Å². The van der Waals surface area contributed by atoms with Crippen molar-refractivity contribution in [2.24, 2.45) is 39.8 Å². The van der Waals surface area contributed by atoms with E-state index in [2.05, 4.69) is 44.9 Å². The number of hydrogen-bond donors (Lipinski definition) is 3. The number of hydrazine groups is 1. The van der Waals surface area contributed by atoms with Crippen LogP contribution in [0.1, 0.15) is 84.3 Å². The maximum atomic E-state index is 13.8. The number of nitrogens with zero attached hydrogens (tertiary/aromatic N) is 2. The van der Waals surface area contributed by atoms with Gasteiger partial charge >= 0.3 is 7.12 Å². The predicted molar refractivity (Wildman–Crippen MR) is 171 cm³/mol. The molecular weight excluding hydrogens is 561 g/mol. The van der Waals surface area contributed by atoms with Crippen molar-refractivity contribution in [1.82, 2.24) is 10.7 Å². The predicted octanol–water partition coefficient (Wildman–Crippen LogP) is 4.26. The molecule has 2 bridgehead atoms. The van der Waals surface area contributed by atoms with Gasteiger partial charge in [-0.2, -0.15) is 0 Å². The molecule has 1 aromatic carbocycles. The summed E-state index contributed by atoms with van der Waals surface area (Å²) < 4.78 is 13.2. The zero-order valence-electron chi connectivity index (χ0n) is 26.9. The van der Waals surface area contributed by atoms with Crippen LogP contribution in [0, 0.1) is 46.1 Å². The summed E-state index contributed by atoms with van der Waals surface area (Å²) in [5, 5.41) is 13.0. The SMILES string of the molecule is Cc1cccc(/C=C/C(=O)C[C@@H](CCCN=C(N)N[N+](=O)[O-])C(=O)N[C@@H](CC(C)C)B2O[C@@H]3C[C@H]4C[C@H](C4(C)C)[C@]3(C)O2)c1. The summed E-state index contributed by atoms with van der Waals surface area (Å²) in [6.07, 6.45) is 6.81. The molecule has 5 rings (SSSR count). The van der Waals surface area contributed by atoms with Crippen molar-refractivity contribution < 1.29 is 23.9 Å². The number of ketones is 1. The fourth-order valence-electron chi connectivity index (χ4n) is 7.38. The highest BCUT2D eigenvalue weighted by atomic mass is 16.7. The van der Waals surface area contributed by atoms with E-state index in [9.17, 15) is 19.7 Å². The van der Waals surface area contributed by atoms with Crippen molar-refractivity contribution in [3.05, 3.63) is 51.6 Å². The quantitative estimate of drug-likeness (QED) is 0.0537. The number of nitro groups is 1. The lowest BCUT2D eigenvalue weighted by Gasteiger charge is -2.64. The summed E-state index contributed by atoms with van der Waals surface area (Å²) in [5.41, 5.74) is 9.16.